The van der Waals surface area contributed by atoms with E-state index in [1.165, 1.54) is 6.07 Å². The highest BCUT2D eigenvalue weighted by molar-refractivity contribution is 5.98. The Balaban J connectivity index is 2.15. The summed E-state index contributed by atoms with van der Waals surface area (Å²) in [4.78, 5) is 22.1. The molecule has 0 fully saturated rings. The van der Waals surface area contributed by atoms with Gasteiger partial charge < -0.3 is 10.2 Å². The Morgan fingerprint density at radius 2 is 1.47 bits per heavy atom. The normalized spacial score (nSPS) is 10.3. The van der Waals surface area contributed by atoms with Crippen LogP contribution < -0.4 is 0 Å². The van der Waals surface area contributed by atoms with Crippen molar-refractivity contribution in [1.82, 2.24) is 0 Å². The molecule has 0 spiro atoms. The molecule has 0 unspecified atom stereocenters. The number of carbonyl (C=O) groups excluding carboxylic acids is 1. The Bertz CT molecular complexity index is 426. The van der Waals surface area contributed by atoms with Crippen LogP contribution in [0.4, 0.5) is 0 Å². The van der Waals surface area contributed by atoms with E-state index in [0.29, 0.717) is 18.4 Å². The van der Waals surface area contributed by atoms with E-state index < -0.39 is 5.97 Å². The van der Waals surface area contributed by atoms with Gasteiger partial charge in [0.05, 0.1) is 5.56 Å². The Kier molecular flexibility index (Phi) is 6.64. The molecule has 1 aromatic carbocycles. The van der Waals surface area contributed by atoms with E-state index >= 15 is 0 Å². The van der Waals surface area contributed by atoms with Crippen molar-refractivity contribution < 1.29 is 19.8 Å². The molecule has 0 radical (unpaired) electrons. The second-order valence-electron chi connectivity index (χ2n) is 4.60. The SMILES string of the molecule is O=C(O)CCCCCCCC(=O)c1ccccc1O. The van der Waals surface area contributed by atoms with Crippen LogP contribution in [0.15, 0.2) is 24.3 Å². The van der Waals surface area contributed by atoms with E-state index in [1.807, 2.05) is 0 Å². The first-order valence-electron chi connectivity index (χ1n) is 6.64. The summed E-state index contributed by atoms with van der Waals surface area (Å²) in [6.07, 6.45) is 4.87. The van der Waals surface area contributed by atoms with Gasteiger partial charge in [0.15, 0.2) is 5.78 Å². The summed E-state index contributed by atoms with van der Waals surface area (Å²) >= 11 is 0. The summed E-state index contributed by atoms with van der Waals surface area (Å²) in [5.74, 6) is -0.757. The molecule has 4 heteroatoms. The number of aromatic hydroxyl groups is 1. The maximum Gasteiger partial charge on any atom is 0.303 e. The molecular formula is C15H20O4. The molecule has 19 heavy (non-hydrogen) atoms. The predicted octanol–water partition coefficient (Wildman–Crippen LogP) is 3.39. The molecule has 1 rings (SSSR count). The number of hydrogen-bond acceptors (Lipinski definition) is 3. The van der Waals surface area contributed by atoms with Gasteiger partial charge in [-0.25, -0.2) is 0 Å². The van der Waals surface area contributed by atoms with Gasteiger partial charge in [-0.1, -0.05) is 31.4 Å². The highest BCUT2D eigenvalue weighted by Crippen LogP contribution is 2.19. The van der Waals surface area contributed by atoms with Crippen LogP contribution in [0.5, 0.6) is 5.75 Å². The number of phenols is 1. The topological polar surface area (TPSA) is 74.6 Å². The average Bonchev–Trinajstić information content (AvgIpc) is 2.37. The predicted molar refractivity (Wildman–Crippen MR) is 72.4 cm³/mol. The summed E-state index contributed by atoms with van der Waals surface area (Å²) in [6, 6.07) is 6.57. The van der Waals surface area contributed by atoms with Crippen LogP contribution in [0.1, 0.15) is 55.3 Å². The van der Waals surface area contributed by atoms with Gasteiger partial charge in [-0.3, -0.25) is 9.59 Å². The molecule has 0 atom stereocenters. The minimum Gasteiger partial charge on any atom is -0.507 e. The number of ketones is 1. The summed E-state index contributed by atoms with van der Waals surface area (Å²) < 4.78 is 0. The van der Waals surface area contributed by atoms with Gasteiger partial charge in [0, 0.05) is 12.8 Å². The van der Waals surface area contributed by atoms with E-state index in [4.69, 9.17) is 5.11 Å². The smallest absolute Gasteiger partial charge is 0.303 e. The van der Waals surface area contributed by atoms with E-state index in [0.717, 1.165) is 25.7 Å². The molecule has 1 aromatic rings. The van der Waals surface area contributed by atoms with Crippen LogP contribution >= 0.6 is 0 Å². The van der Waals surface area contributed by atoms with Crippen molar-refractivity contribution >= 4 is 11.8 Å². The first kappa shape index (κ1) is 15.2. The number of Topliss-reactive ketones (excluding diaryl/α,β-unsaturated/α-hetero) is 1. The van der Waals surface area contributed by atoms with E-state index in [2.05, 4.69) is 0 Å². The minimum absolute atomic E-state index is 0.0361. The summed E-state index contributed by atoms with van der Waals surface area (Å²) in [5.41, 5.74) is 0.383. The number of para-hydroxylation sites is 1. The van der Waals surface area contributed by atoms with Gasteiger partial charge in [0.2, 0.25) is 0 Å². The van der Waals surface area contributed by atoms with E-state index in [9.17, 15) is 14.7 Å². The Hall–Kier alpha value is -1.84. The standard InChI is InChI=1S/C15H20O4/c16-13(12-8-6-7-10-14(12)17)9-4-2-1-3-5-11-15(18)19/h6-8,10,17H,1-5,9,11H2,(H,18,19). The molecule has 0 heterocycles. The maximum absolute atomic E-state index is 11.8. The number of carbonyl (C=O) groups is 2. The fourth-order valence-electron chi connectivity index (χ4n) is 1.94. The van der Waals surface area contributed by atoms with Gasteiger partial charge in [0.1, 0.15) is 5.75 Å². The largest absolute Gasteiger partial charge is 0.507 e. The van der Waals surface area contributed by atoms with Crippen LogP contribution in [0, 0.1) is 0 Å². The molecule has 0 aromatic heterocycles. The van der Waals surface area contributed by atoms with Gasteiger partial charge in [-0.15, -0.1) is 0 Å². The van der Waals surface area contributed by atoms with Crippen molar-refractivity contribution in [2.24, 2.45) is 0 Å². The number of aliphatic carboxylic acids is 1. The molecule has 104 valence electrons. The molecule has 0 aliphatic heterocycles. The minimum atomic E-state index is -0.755. The second-order valence-corrected chi connectivity index (χ2v) is 4.60. The fourth-order valence-corrected chi connectivity index (χ4v) is 1.94. The third-order valence-corrected chi connectivity index (χ3v) is 3.00. The zero-order valence-corrected chi connectivity index (χ0v) is 11.0. The highest BCUT2D eigenvalue weighted by Gasteiger charge is 2.09. The van der Waals surface area contributed by atoms with Crippen molar-refractivity contribution in [2.45, 2.75) is 44.9 Å². The molecule has 0 aliphatic carbocycles. The lowest BCUT2D eigenvalue weighted by Crippen LogP contribution is -1.99. The van der Waals surface area contributed by atoms with E-state index in [1.54, 1.807) is 18.2 Å². The molecule has 0 amide bonds. The van der Waals surface area contributed by atoms with Crippen molar-refractivity contribution in [3.8, 4) is 5.75 Å². The summed E-state index contributed by atoms with van der Waals surface area (Å²) in [5, 5.41) is 18.0. The van der Waals surface area contributed by atoms with Crippen molar-refractivity contribution in [1.29, 1.82) is 0 Å². The maximum atomic E-state index is 11.8. The third-order valence-electron chi connectivity index (χ3n) is 3.00. The monoisotopic (exact) mass is 264 g/mol. The molecular weight excluding hydrogens is 244 g/mol. The Morgan fingerprint density at radius 1 is 0.895 bits per heavy atom. The second kappa shape index (κ2) is 8.29. The lowest BCUT2D eigenvalue weighted by Gasteiger charge is -2.03. The zero-order chi connectivity index (χ0) is 14.1. The lowest BCUT2D eigenvalue weighted by molar-refractivity contribution is -0.137. The molecule has 0 saturated heterocycles. The van der Waals surface area contributed by atoms with Crippen LogP contribution in [0.25, 0.3) is 0 Å². The van der Waals surface area contributed by atoms with Crippen LogP contribution in [0.3, 0.4) is 0 Å². The van der Waals surface area contributed by atoms with Crippen molar-refractivity contribution in [3.63, 3.8) is 0 Å². The molecule has 0 bridgehead atoms. The number of hydrogen-bond donors (Lipinski definition) is 2. The number of rotatable bonds is 9. The third kappa shape index (κ3) is 6.04. The van der Waals surface area contributed by atoms with Gasteiger partial charge in [-0.2, -0.15) is 0 Å². The first-order valence-corrected chi connectivity index (χ1v) is 6.64. The van der Waals surface area contributed by atoms with Gasteiger partial charge in [-0.05, 0) is 25.0 Å². The molecule has 4 nitrogen and oxygen atoms in total. The van der Waals surface area contributed by atoms with Crippen LogP contribution in [-0.2, 0) is 4.79 Å². The average molecular weight is 264 g/mol. The molecule has 0 saturated carbocycles. The van der Waals surface area contributed by atoms with Crippen molar-refractivity contribution in [3.05, 3.63) is 29.8 Å². The van der Waals surface area contributed by atoms with Gasteiger partial charge >= 0.3 is 5.97 Å². The molecule has 2 N–H and O–H groups in total. The Morgan fingerprint density at radius 3 is 2.11 bits per heavy atom. The number of carboxylic acids is 1. The molecule has 0 aliphatic rings. The zero-order valence-electron chi connectivity index (χ0n) is 11.0. The summed E-state index contributed by atoms with van der Waals surface area (Å²) in [6.45, 7) is 0. The quantitative estimate of drug-likeness (QED) is 0.529. The number of benzene rings is 1. The number of carboxylic acid groups (broad SMARTS) is 1. The Labute approximate surface area is 113 Å². The van der Waals surface area contributed by atoms with Crippen LogP contribution in [-0.4, -0.2) is 22.0 Å². The number of phenolic OH excluding ortho intramolecular Hbond substituents is 1. The number of unbranched alkanes of at least 4 members (excludes halogenated alkanes) is 4. The van der Waals surface area contributed by atoms with Crippen molar-refractivity contribution in [2.75, 3.05) is 0 Å². The first-order chi connectivity index (χ1) is 9.11. The van der Waals surface area contributed by atoms with Gasteiger partial charge in [0.25, 0.3) is 0 Å². The lowest BCUT2D eigenvalue weighted by atomic mass is 10.0. The summed E-state index contributed by atoms with van der Waals surface area (Å²) in [7, 11) is 0. The van der Waals surface area contributed by atoms with Crippen LogP contribution in [0.2, 0.25) is 0 Å². The fraction of sp³-hybridized carbons (Fsp3) is 0.467. The highest BCUT2D eigenvalue weighted by atomic mass is 16.4. The van der Waals surface area contributed by atoms with E-state index in [-0.39, 0.29) is 18.0 Å².